The molecular weight excluding hydrogens is 438 g/mol. The molecule has 0 aromatic heterocycles. The Balaban J connectivity index is 1.50. The van der Waals surface area contributed by atoms with Crippen LogP contribution >= 0.6 is 11.6 Å². The number of hydrogen-bond acceptors (Lipinski definition) is 4. The number of allylic oxidation sites excluding steroid dienone is 1. The van der Waals surface area contributed by atoms with Crippen molar-refractivity contribution in [3.05, 3.63) is 82.1 Å². The van der Waals surface area contributed by atoms with Gasteiger partial charge in [0.2, 0.25) is 6.29 Å². The van der Waals surface area contributed by atoms with Crippen molar-refractivity contribution in [2.45, 2.75) is 70.0 Å². The number of aliphatic hydroxyl groups excluding tert-OH is 1. The predicted molar refractivity (Wildman–Crippen MR) is 129 cm³/mol. The Kier molecular flexibility index (Phi) is 8.07. The van der Waals surface area contributed by atoms with Gasteiger partial charge in [-0.05, 0) is 47.7 Å². The number of ether oxygens (including phenoxy) is 2. The quantitative estimate of drug-likeness (QED) is 0.577. The molecule has 2 atom stereocenters. The molecule has 0 saturated heterocycles. The summed E-state index contributed by atoms with van der Waals surface area (Å²) in [5.74, 6) is 0.271. The van der Waals surface area contributed by atoms with Crippen molar-refractivity contribution in [3.8, 4) is 0 Å². The number of carbonyl (C=O) groups excluding carboxylic acids is 1. The molecular formula is C27H32ClNO4. The summed E-state index contributed by atoms with van der Waals surface area (Å²) in [4.78, 5) is 15.2. The Morgan fingerprint density at radius 2 is 1.73 bits per heavy atom. The van der Waals surface area contributed by atoms with E-state index < -0.39 is 6.29 Å². The van der Waals surface area contributed by atoms with E-state index >= 15 is 0 Å². The number of hydrogen-bond donors (Lipinski definition) is 1. The molecule has 1 fully saturated rings. The van der Waals surface area contributed by atoms with Crippen LogP contribution in [0.4, 0.5) is 0 Å². The fraction of sp³-hybridized carbons (Fsp3) is 0.444. The maximum absolute atomic E-state index is 13.4. The van der Waals surface area contributed by atoms with Crippen molar-refractivity contribution in [1.29, 1.82) is 0 Å². The van der Waals surface area contributed by atoms with Gasteiger partial charge >= 0.3 is 0 Å². The number of halogens is 1. The fourth-order valence-electron chi connectivity index (χ4n) is 4.59. The van der Waals surface area contributed by atoms with E-state index in [0.717, 1.165) is 42.4 Å². The first kappa shape index (κ1) is 23.8. The minimum absolute atomic E-state index is 0.00325. The number of rotatable bonds is 7. The summed E-state index contributed by atoms with van der Waals surface area (Å²) >= 11 is 6.08. The summed E-state index contributed by atoms with van der Waals surface area (Å²) in [5, 5.41) is 9.92. The van der Waals surface area contributed by atoms with Crippen LogP contribution in [0.2, 0.25) is 5.02 Å². The number of amides is 1. The molecule has 2 aromatic rings. The van der Waals surface area contributed by atoms with Gasteiger partial charge in [-0.25, -0.2) is 0 Å². The number of nitrogens with zero attached hydrogens (tertiary/aromatic N) is 1. The summed E-state index contributed by atoms with van der Waals surface area (Å²) in [6.07, 6.45) is 7.66. The van der Waals surface area contributed by atoms with Crippen LogP contribution < -0.4 is 0 Å². The average molecular weight is 470 g/mol. The molecule has 0 unspecified atom stereocenters. The van der Waals surface area contributed by atoms with E-state index in [9.17, 15) is 9.90 Å². The van der Waals surface area contributed by atoms with E-state index in [4.69, 9.17) is 21.1 Å². The van der Waals surface area contributed by atoms with E-state index in [0.29, 0.717) is 23.8 Å². The normalized spacial score (nSPS) is 21.2. The molecule has 6 heteroatoms. The van der Waals surface area contributed by atoms with Gasteiger partial charge in [-0.3, -0.25) is 4.79 Å². The first-order chi connectivity index (χ1) is 16.0. The minimum Gasteiger partial charge on any atom is -0.459 e. The first-order valence-electron chi connectivity index (χ1n) is 11.7. The van der Waals surface area contributed by atoms with E-state index in [2.05, 4.69) is 0 Å². The molecule has 1 heterocycles. The molecule has 0 bridgehead atoms. The summed E-state index contributed by atoms with van der Waals surface area (Å²) < 4.78 is 12.2. The second-order valence-corrected chi connectivity index (χ2v) is 9.40. The van der Waals surface area contributed by atoms with Gasteiger partial charge in [-0.1, -0.05) is 67.3 Å². The Morgan fingerprint density at radius 3 is 2.39 bits per heavy atom. The molecule has 0 spiro atoms. The zero-order valence-electron chi connectivity index (χ0n) is 19.1. The smallest absolute Gasteiger partial charge is 0.288 e. The molecule has 1 amide bonds. The molecule has 33 heavy (non-hydrogen) atoms. The van der Waals surface area contributed by atoms with Crippen LogP contribution in [0, 0.1) is 0 Å². The Hall–Kier alpha value is -2.34. The van der Waals surface area contributed by atoms with E-state index in [1.54, 1.807) is 0 Å². The Morgan fingerprint density at radius 1 is 1.06 bits per heavy atom. The van der Waals surface area contributed by atoms with E-state index in [1.165, 1.54) is 6.42 Å². The predicted octanol–water partition coefficient (Wildman–Crippen LogP) is 5.55. The van der Waals surface area contributed by atoms with E-state index in [-0.39, 0.29) is 24.5 Å². The maximum atomic E-state index is 13.4. The van der Waals surface area contributed by atoms with Gasteiger partial charge in [0, 0.05) is 30.5 Å². The molecule has 1 aliphatic heterocycles. The van der Waals surface area contributed by atoms with Crippen molar-refractivity contribution in [1.82, 2.24) is 4.90 Å². The van der Waals surface area contributed by atoms with Gasteiger partial charge in [0.1, 0.15) is 0 Å². The van der Waals surface area contributed by atoms with Gasteiger partial charge in [0.15, 0.2) is 5.76 Å². The maximum Gasteiger partial charge on any atom is 0.288 e. The highest BCUT2D eigenvalue weighted by Crippen LogP contribution is 2.34. The molecule has 5 nitrogen and oxygen atoms in total. The minimum atomic E-state index is -0.535. The van der Waals surface area contributed by atoms with Gasteiger partial charge < -0.3 is 19.5 Å². The highest BCUT2D eigenvalue weighted by Gasteiger charge is 2.32. The number of aliphatic hydroxyl groups is 1. The molecule has 176 valence electrons. The zero-order valence-corrected chi connectivity index (χ0v) is 19.8. The third-order valence-electron chi connectivity index (χ3n) is 6.65. The lowest BCUT2D eigenvalue weighted by Crippen LogP contribution is -2.41. The third-order valence-corrected chi connectivity index (χ3v) is 6.90. The lowest BCUT2D eigenvalue weighted by molar-refractivity contribution is -0.156. The van der Waals surface area contributed by atoms with Crippen molar-refractivity contribution >= 4 is 17.5 Å². The summed E-state index contributed by atoms with van der Waals surface area (Å²) in [6.45, 7) is 0.379. The second-order valence-electron chi connectivity index (χ2n) is 8.97. The van der Waals surface area contributed by atoms with Crippen molar-refractivity contribution in [2.75, 3.05) is 7.05 Å². The Bertz CT molecular complexity index is 951. The van der Waals surface area contributed by atoms with Crippen molar-refractivity contribution in [2.24, 2.45) is 0 Å². The fourth-order valence-corrected chi connectivity index (χ4v) is 4.72. The zero-order chi connectivity index (χ0) is 23.2. The van der Waals surface area contributed by atoms with Crippen LogP contribution in [0.15, 0.2) is 60.4 Å². The second kappa shape index (κ2) is 11.2. The highest BCUT2D eigenvalue weighted by atomic mass is 35.5. The van der Waals surface area contributed by atoms with Crippen LogP contribution in [-0.2, 0) is 27.5 Å². The van der Waals surface area contributed by atoms with Crippen LogP contribution in [0.1, 0.15) is 61.1 Å². The summed E-state index contributed by atoms with van der Waals surface area (Å²) in [6, 6.07) is 15.6. The van der Waals surface area contributed by atoms with Crippen molar-refractivity contribution in [3.63, 3.8) is 0 Å². The van der Waals surface area contributed by atoms with E-state index in [1.807, 2.05) is 66.6 Å². The highest BCUT2D eigenvalue weighted by molar-refractivity contribution is 6.30. The van der Waals surface area contributed by atoms with Crippen molar-refractivity contribution < 1.29 is 19.4 Å². The van der Waals surface area contributed by atoms with Gasteiger partial charge in [0.05, 0.1) is 13.2 Å². The third kappa shape index (κ3) is 6.17. The topological polar surface area (TPSA) is 59.0 Å². The molecule has 4 rings (SSSR count). The van der Waals surface area contributed by atoms with Crippen LogP contribution in [-0.4, -0.2) is 35.3 Å². The molecule has 0 radical (unpaired) electrons. The lowest BCUT2D eigenvalue weighted by Gasteiger charge is -2.34. The lowest BCUT2D eigenvalue weighted by atomic mass is 9.92. The first-order valence-corrected chi connectivity index (χ1v) is 12.1. The number of likely N-dealkylation sites (N-methyl/N-ethyl adjacent to an activating group) is 1. The summed E-state index contributed by atoms with van der Waals surface area (Å²) in [7, 11) is 1.88. The van der Waals surface area contributed by atoms with Gasteiger partial charge in [-0.15, -0.1) is 0 Å². The molecule has 1 aliphatic carbocycles. The van der Waals surface area contributed by atoms with Gasteiger partial charge in [-0.2, -0.15) is 0 Å². The average Bonchev–Trinajstić information content (AvgIpc) is 2.87. The van der Waals surface area contributed by atoms with Crippen LogP contribution in [0.3, 0.4) is 0 Å². The monoisotopic (exact) mass is 469 g/mol. The standard InChI is InChI=1S/C27H32ClNO4/c1-29(24-5-3-2-4-6-24)27(31)25-15-22(21-11-13-23(28)14-12-21)16-26(33-25)32-18-20-9-7-19(17-30)8-10-20/h7-15,22,24,26,30H,2-6,16-18H2,1H3/t22-,26+/m0/s1. The number of benzene rings is 2. The molecule has 2 aliphatic rings. The SMILES string of the molecule is CN(C(=O)C1=C[C@H](c2ccc(Cl)cc2)C[C@H](OCc2ccc(CO)cc2)O1)C1CCCCC1. The molecule has 1 N–H and O–H groups in total. The van der Waals surface area contributed by atoms with Crippen LogP contribution in [0.5, 0.6) is 0 Å². The van der Waals surface area contributed by atoms with Gasteiger partial charge in [0.25, 0.3) is 5.91 Å². The molecule has 1 saturated carbocycles. The summed E-state index contributed by atoms with van der Waals surface area (Å²) in [5.41, 5.74) is 2.92. The molecule has 2 aromatic carbocycles. The van der Waals surface area contributed by atoms with Crippen LogP contribution in [0.25, 0.3) is 0 Å². The number of carbonyl (C=O) groups is 1. The Labute approximate surface area is 201 Å². The largest absolute Gasteiger partial charge is 0.459 e.